The quantitative estimate of drug-likeness (QED) is 0.176. The monoisotopic (exact) mass is 641 g/mol. The number of urea groups is 1. The van der Waals surface area contributed by atoms with E-state index in [0.29, 0.717) is 33.3 Å². The van der Waals surface area contributed by atoms with Gasteiger partial charge >= 0.3 is 12.4 Å². The summed E-state index contributed by atoms with van der Waals surface area (Å²) in [6, 6.07) is 16.8. The van der Waals surface area contributed by atoms with Crippen molar-refractivity contribution in [2.45, 2.75) is 26.1 Å². The van der Waals surface area contributed by atoms with Gasteiger partial charge in [-0.05, 0) is 53.4 Å². The van der Waals surface area contributed by atoms with Crippen molar-refractivity contribution in [3.63, 3.8) is 0 Å². The zero-order valence-corrected chi connectivity index (χ0v) is 24.7. The molecule has 1 N–H and O–H groups in total. The van der Waals surface area contributed by atoms with Crippen LogP contribution in [0.1, 0.15) is 30.9 Å². The van der Waals surface area contributed by atoms with Gasteiger partial charge in [0.2, 0.25) is 5.91 Å². The molecule has 1 aromatic heterocycles. The second-order valence-corrected chi connectivity index (χ2v) is 11.0. The van der Waals surface area contributed by atoms with Crippen LogP contribution in [0.25, 0.3) is 17.1 Å². The fourth-order valence-electron chi connectivity index (χ4n) is 4.19. The Hall–Kier alpha value is -4.69. The maximum Gasteiger partial charge on any atom is 0.573 e. The molecular weight excluding hydrogens is 619 g/mol. The molecule has 0 aliphatic carbocycles. The highest BCUT2D eigenvalue weighted by Crippen LogP contribution is 2.35. The van der Waals surface area contributed by atoms with Crippen LogP contribution in [0.4, 0.5) is 23.7 Å². The van der Waals surface area contributed by atoms with E-state index < -0.39 is 12.4 Å². The van der Waals surface area contributed by atoms with Crippen LogP contribution in [0, 0.1) is 0 Å². The van der Waals surface area contributed by atoms with Crippen LogP contribution in [-0.2, 0) is 4.79 Å². The van der Waals surface area contributed by atoms with Crippen LogP contribution in [-0.4, -0.2) is 50.2 Å². The largest absolute Gasteiger partial charge is 0.573 e. The Bertz CT molecular complexity index is 1740. The lowest BCUT2D eigenvalue weighted by molar-refractivity contribution is -0.274. The third-order valence-electron chi connectivity index (χ3n) is 6.19. The summed E-state index contributed by atoms with van der Waals surface area (Å²) in [7, 11) is 0. The first-order valence-electron chi connectivity index (χ1n) is 13.0. The Labute approximate surface area is 258 Å². The number of halogens is 4. The van der Waals surface area contributed by atoms with Crippen LogP contribution in [0.2, 0.25) is 5.02 Å². The molecule has 0 spiro atoms. The molecule has 1 aliphatic rings. The zero-order valence-electron chi connectivity index (χ0n) is 23.1. The SMILES string of the molecule is CC(C)c1ccc(Cl)cc1N1C(=O)CS/C1=N\C(=O)N/N=C/c1ccc(-c2ncn(-c3ccc(OC(F)(F)F)cc3)n2)cc1. The van der Waals surface area contributed by atoms with Crippen LogP contribution >= 0.6 is 23.4 Å². The number of rotatable bonds is 7. The summed E-state index contributed by atoms with van der Waals surface area (Å²) in [5.74, 6) is 0.0986. The molecule has 10 nitrogen and oxygen atoms in total. The van der Waals surface area contributed by atoms with Gasteiger partial charge in [-0.15, -0.1) is 18.3 Å². The zero-order chi connectivity index (χ0) is 31.4. The minimum absolute atomic E-state index is 0.112. The number of hydrogen-bond donors (Lipinski definition) is 1. The number of anilines is 1. The first kappa shape index (κ1) is 30.8. The molecule has 1 saturated heterocycles. The Kier molecular flexibility index (Phi) is 9.01. The molecule has 2 heterocycles. The highest BCUT2D eigenvalue weighted by atomic mass is 35.5. The molecule has 5 rings (SSSR count). The number of nitrogens with one attached hydrogen (secondary N) is 1. The number of carbonyl (C=O) groups is 2. The first-order chi connectivity index (χ1) is 21.0. The lowest BCUT2D eigenvalue weighted by Crippen LogP contribution is -2.31. The van der Waals surface area contributed by atoms with Crippen molar-refractivity contribution in [2.75, 3.05) is 10.7 Å². The molecule has 0 bridgehead atoms. The highest BCUT2D eigenvalue weighted by molar-refractivity contribution is 8.15. The van der Waals surface area contributed by atoms with E-state index in [9.17, 15) is 22.8 Å². The third-order valence-corrected chi connectivity index (χ3v) is 7.35. The molecule has 4 aromatic rings. The summed E-state index contributed by atoms with van der Waals surface area (Å²) in [5, 5.41) is 9.02. The third kappa shape index (κ3) is 7.44. The van der Waals surface area contributed by atoms with E-state index >= 15 is 0 Å². The van der Waals surface area contributed by atoms with E-state index in [4.69, 9.17) is 11.6 Å². The van der Waals surface area contributed by atoms with Crippen molar-refractivity contribution >= 4 is 52.4 Å². The number of aliphatic imine (C=N–C) groups is 1. The Balaban J connectivity index is 1.21. The lowest BCUT2D eigenvalue weighted by Gasteiger charge is -2.21. The number of alkyl halides is 3. The number of nitrogens with zero attached hydrogens (tertiary/aromatic N) is 6. The predicted molar refractivity (Wildman–Crippen MR) is 163 cm³/mol. The lowest BCUT2D eigenvalue weighted by atomic mass is 10.0. The van der Waals surface area contributed by atoms with Crippen LogP contribution < -0.4 is 15.1 Å². The highest BCUT2D eigenvalue weighted by Gasteiger charge is 2.33. The van der Waals surface area contributed by atoms with Crippen LogP contribution in [0.3, 0.4) is 0 Å². The van der Waals surface area contributed by atoms with E-state index in [1.165, 1.54) is 46.4 Å². The molecule has 226 valence electrons. The number of benzene rings is 3. The van der Waals surface area contributed by atoms with Gasteiger partial charge in [-0.3, -0.25) is 9.69 Å². The second kappa shape index (κ2) is 12.9. The summed E-state index contributed by atoms with van der Waals surface area (Å²) in [4.78, 5) is 34.9. The summed E-state index contributed by atoms with van der Waals surface area (Å²) in [6.45, 7) is 3.99. The van der Waals surface area contributed by atoms with Gasteiger partial charge < -0.3 is 4.74 Å². The summed E-state index contributed by atoms with van der Waals surface area (Å²) in [6.07, 6.45) is -1.90. The van der Waals surface area contributed by atoms with Crippen molar-refractivity contribution in [3.05, 3.63) is 89.2 Å². The van der Waals surface area contributed by atoms with E-state index in [1.54, 1.807) is 36.4 Å². The van der Waals surface area contributed by atoms with Crippen molar-refractivity contribution in [2.24, 2.45) is 10.1 Å². The van der Waals surface area contributed by atoms with E-state index in [0.717, 1.165) is 17.3 Å². The Morgan fingerprint density at radius 3 is 2.52 bits per heavy atom. The minimum atomic E-state index is -4.77. The summed E-state index contributed by atoms with van der Waals surface area (Å²) < 4.78 is 42.5. The van der Waals surface area contributed by atoms with Crippen LogP contribution in [0.15, 0.2) is 83.2 Å². The number of carbonyl (C=O) groups excluding carboxylic acids is 2. The van der Waals surface area contributed by atoms with Gasteiger partial charge in [0.05, 0.1) is 23.3 Å². The number of aromatic nitrogens is 3. The Morgan fingerprint density at radius 2 is 1.84 bits per heavy atom. The minimum Gasteiger partial charge on any atom is -0.406 e. The molecule has 3 aromatic carbocycles. The molecule has 44 heavy (non-hydrogen) atoms. The van der Waals surface area contributed by atoms with E-state index in [2.05, 4.69) is 30.3 Å². The van der Waals surface area contributed by atoms with Crippen molar-refractivity contribution in [3.8, 4) is 22.8 Å². The van der Waals surface area contributed by atoms with Gasteiger partial charge in [0.25, 0.3) is 0 Å². The van der Waals surface area contributed by atoms with Gasteiger partial charge in [-0.1, -0.05) is 67.5 Å². The number of amides is 3. The second-order valence-electron chi connectivity index (χ2n) is 9.62. The normalized spacial score (nSPS) is 14.7. The molecule has 3 amide bonds. The number of ether oxygens (including phenoxy) is 1. The van der Waals surface area contributed by atoms with E-state index in [-0.39, 0.29) is 28.5 Å². The van der Waals surface area contributed by atoms with Crippen molar-refractivity contribution in [1.82, 2.24) is 20.2 Å². The average molecular weight is 642 g/mol. The number of amidine groups is 1. The van der Waals surface area contributed by atoms with E-state index in [1.807, 2.05) is 19.9 Å². The van der Waals surface area contributed by atoms with Gasteiger partial charge in [0, 0.05) is 10.6 Å². The molecule has 1 fully saturated rings. The fraction of sp³-hybridized carbons (Fsp3) is 0.172. The molecular formula is C29H23ClF3N7O3S. The van der Waals surface area contributed by atoms with Gasteiger partial charge in [0.15, 0.2) is 11.0 Å². The average Bonchev–Trinajstić information content (AvgIpc) is 3.60. The molecule has 0 saturated carbocycles. The van der Waals surface area contributed by atoms with Crippen molar-refractivity contribution < 1.29 is 27.5 Å². The smallest absolute Gasteiger partial charge is 0.406 e. The molecule has 0 radical (unpaired) electrons. The summed E-state index contributed by atoms with van der Waals surface area (Å²) >= 11 is 7.35. The number of thioether (sulfide) groups is 1. The Morgan fingerprint density at radius 1 is 1.11 bits per heavy atom. The predicted octanol–water partition coefficient (Wildman–Crippen LogP) is 6.79. The standard InChI is InChI=1S/C29H23ClF3N7O3S/c1-17(2)23-12-7-20(30)13-24(23)40-25(41)15-44-28(40)36-27(42)37-35-14-18-3-5-19(6-4-18)26-34-16-39(38-26)21-8-10-22(11-9-21)43-29(31,32)33/h3-14,16-17H,15H2,1-2H3,(H,37,42)/b35-14+,36-28-. The maximum atomic E-state index is 12.7. The summed E-state index contributed by atoms with van der Waals surface area (Å²) in [5.41, 5.74) is 5.67. The molecule has 1 aliphatic heterocycles. The first-order valence-corrected chi connectivity index (χ1v) is 14.4. The van der Waals surface area contributed by atoms with Gasteiger partial charge in [-0.25, -0.2) is 19.9 Å². The fourth-order valence-corrected chi connectivity index (χ4v) is 5.22. The van der Waals surface area contributed by atoms with Crippen molar-refractivity contribution in [1.29, 1.82) is 0 Å². The number of hydrazone groups is 1. The molecule has 15 heteroatoms. The molecule has 0 unspecified atom stereocenters. The number of hydrogen-bond acceptors (Lipinski definition) is 7. The topological polar surface area (TPSA) is 114 Å². The maximum absolute atomic E-state index is 12.7. The molecule has 0 atom stereocenters. The van der Waals surface area contributed by atoms with Gasteiger partial charge in [-0.2, -0.15) is 10.1 Å². The van der Waals surface area contributed by atoms with Crippen LogP contribution in [0.5, 0.6) is 5.75 Å². The van der Waals surface area contributed by atoms with Gasteiger partial charge in [0.1, 0.15) is 12.1 Å².